The molecule has 1 heteroatoms. The van der Waals surface area contributed by atoms with E-state index in [9.17, 15) is 0 Å². The van der Waals surface area contributed by atoms with Crippen molar-refractivity contribution in [2.45, 2.75) is 33.7 Å². The second kappa shape index (κ2) is 10.8. The van der Waals surface area contributed by atoms with Crippen molar-refractivity contribution in [2.75, 3.05) is 13.6 Å². The van der Waals surface area contributed by atoms with E-state index in [4.69, 9.17) is 0 Å². The SMILES string of the molecule is C/C=C/CC.C=C(C)CN(C)Cc1ccccc1. The second-order valence-electron chi connectivity index (χ2n) is 4.59. The van der Waals surface area contributed by atoms with Crippen molar-refractivity contribution in [1.82, 2.24) is 4.90 Å². The number of hydrogen-bond acceptors (Lipinski definition) is 1. The largest absolute Gasteiger partial charge is 0.298 e. The molecule has 1 aromatic carbocycles. The first-order chi connectivity index (χ1) is 8.60. The zero-order chi connectivity index (χ0) is 13.8. The van der Waals surface area contributed by atoms with Crippen molar-refractivity contribution >= 4 is 0 Å². The fourth-order valence-electron chi connectivity index (χ4n) is 1.65. The summed E-state index contributed by atoms with van der Waals surface area (Å²) in [5.74, 6) is 0. The van der Waals surface area contributed by atoms with Crippen LogP contribution in [0.2, 0.25) is 0 Å². The van der Waals surface area contributed by atoms with Gasteiger partial charge in [-0.3, -0.25) is 4.90 Å². The summed E-state index contributed by atoms with van der Waals surface area (Å²) in [4.78, 5) is 2.26. The van der Waals surface area contributed by atoms with Gasteiger partial charge < -0.3 is 0 Å². The quantitative estimate of drug-likeness (QED) is 0.682. The number of nitrogens with zero attached hydrogens (tertiary/aromatic N) is 1. The highest BCUT2D eigenvalue weighted by molar-refractivity contribution is 5.14. The highest BCUT2D eigenvalue weighted by atomic mass is 15.1. The van der Waals surface area contributed by atoms with Crippen LogP contribution in [0.5, 0.6) is 0 Å². The fourth-order valence-corrected chi connectivity index (χ4v) is 1.65. The van der Waals surface area contributed by atoms with E-state index in [-0.39, 0.29) is 0 Å². The van der Waals surface area contributed by atoms with Crippen LogP contribution in [0.15, 0.2) is 54.6 Å². The molecule has 0 unspecified atom stereocenters. The van der Waals surface area contributed by atoms with Gasteiger partial charge in [-0.25, -0.2) is 0 Å². The summed E-state index contributed by atoms with van der Waals surface area (Å²) in [6.45, 7) is 12.1. The van der Waals surface area contributed by atoms with E-state index in [1.54, 1.807) is 0 Å². The molecule has 0 radical (unpaired) electrons. The number of benzene rings is 1. The summed E-state index contributed by atoms with van der Waals surface area (Å²) in [6, 6.07) is 10.5. The zero-order valence-electron chi connectivity index (χ0n) is 12.3. The molecule has 0 aliphatic carbocycles. The van der Waals surface area contributed by atoms with Crippen molar-refractivity contribution in [3.63, 3.8) is 0 Å². The molecule has 0 N–H and O–H groups in total. The summed E-state index contributed by atoms with van der Waals surface area (Å²) < 4.78 is 0. The summed E-state index contributed by atoms with van der Waals surface area (Å²) in [6.07, 6.45) is 5.34. The molecule has 0 heterocycles. The van der Waals surface area contributed by atoms with Crippen molar-refractivity contribution in [3.8, 4) is 0 Å². The van der Waals surface area contributed by atoms with Crippen molar-refractivity contribution < 1.29 is 0 Å². The van der Waals surface area contributed by atoms with Crippen LogP contribution in [0.1, 0.15) is 32.8 Å². The Bertz CT molecular complexity index is 338. The number of allylic oxidation sites excluding steroid dienone is 2. The lowest BCUT2D eigenvalue weighted by Gasteiger charge is -2.16. The monoisotopic (exact) mass is 245 g/mol. The van der Waals surface area contributed by atoms with E-state index in [1.807, 2.05) is 13.0 Å². The summed E-state index contributed by atoms with van der Waals surface area (Å²) in [5.41, 5.74) is 2.56. The first-order valence-corrected chi connectivity index (χ1v) is 6.58. The van der Waals surface area contributed by atoms with Crippen molar-refractivity contribution in [3.05, 3.63) is 60.2 Å². The van der Waals surface area contributed by atoms with Crippen molar-refractivity contribution in [1.29, 1.82) is 0 Å². The van der Waals surface area contributed by atoms with E-state index in [0.29, 0.717) is 0 Å². The lowest BCUT2D eigenvalue weighted by molar-refractivity contribution is 0.355. The third kappa shape index (κ3) is 9.86. The summed E-state index contributed by atoms with van der Waals surface area (Å²) >= 11 is 0. The summed E-state index contributed by atoms with van der Waals surface area (Å²) in [5, 5.41) is 0. The smallest absolute Gasteiger partial charge is 0.0234 e. The first kappa shape index (κ1) is 16.7. The van der Waals surface area contributed by atoms with Crippen LogP contribution >= 0.6 is 0 Å². The summed E-state index contributed by atoms with van der Waals surface area (Å²) in [7, 11) is 2.11. The Balaban J connectivity index is 0.000000494. The average molecular weight is 245 g/mol. The molecule has 0 saturated heterocycles. The van der Waals surface area contributed by atoms with E-state index in [2.05, 4.69) is 68.8 Å². The zero-order valence-corrected chi connectivity index (χ0v) is 12.3. The third-order valence-electron chi connectivity index (χ3n) is 2.31. The van der Waals surface area contributed by atoms with Crippen LogP contribution in [0, 0.1) is 0 Å². The predicted octanol–water partition coefficient (Wildman–Crippen LogP) is 4.67. The van der Waals surface area contributed by atoms with Crippen LogP contribution in [-0.2, 0) is 6.54 Å². The number of likely N-dealkylation sites (N-methyl/N-ethyl adjacent to an activating group) is 1. The van der Waals surface area contributed by atoms with Gasteiger partial charge in [-0.05, 0) is 32.9 Å². The minimum absolute atomic E-state index is 0.967. The van der Waals surface area contributed by atoms with E-state index in [1.165, 1.54) is 11.1 Å². The number of rotatable bonds is 5. The van der Waals surface area contributed by atoms with Gasteiger partial charge in [-0.1, -0.05) is 61.6 Å². The standard InChI is InChI=1S/C12H17N.C5H10/c1-11(2)9-13(3)10-12-7-5-4-6-8-12;1-3-5-4-2/h4-8H,1,9-10H2,2-3H3;3,5H,4H2,1-2H3/b;5-3+. The van der Waals surface area contributed by atoms with Crippen LogP contribution in [0.3, 0.4) is 0 Å². The Morgan fingerprint density at radius 1 is 1.28 bits per heavy atom. The van der Waals surface area contributed by atoms with Gasteiger partial charge in [-0.15, -0.1) is 0 Å². The molecule has 0 aliphatic heterocycles. The maximum atomic E-state index is 3.90. The molecular formula is C17H27N. The molecule has 0 fully saturated rings. The average Bonchev–Trinajstić information content (AvgIpc) is 2.31. The van der Waals surface area contributed by atoms with Crippen LogP contribution in [0.4, 0.5) is 0 Å². The predicted molar refractivity (Wildman–Crippen MR) is 82.7 cm³/mol. The van der Waals surface area contributed by atoms with E-state index < -0.39 is 0 Å². The molecule has 1 nitrogen and oxygen atoms in total. The molecule has 1 aromatic rings. The van der Waals surface area contributed by atoms with Crippen LogP contribution in [-0.4, -0.2) is 18.5 Å². The van der Waals surface area contributed by atoms with E-state index in [0.717, 1.165) is 19.5 Å². The topological polar surface area (TPSA) is 3.24 Å². The third-order valence-corrected chi connectivity index (χ3v) is 2.31. The van der Waals surface area contributed by atoms with Gasteiger partial charge in [0.2, 0.25) is 0 Å². The van der Waals surface area contributed by atoms with Gasteiger partial charge in [0.25, 0.3) is 0 Å². The highest BCUT2D eigenvalue weighted by Gasteiger charge is 1.98. The van der Waals surface area contributed by atoms with Crippen molar-refractivity contribution in [2.24, 2.45) is 0 Å². The Labute approximate surface area is 113 Å². The maximum Gasteiger partial charge on any atom is 0.0234 e. The van der Waals surface area contributed by atoms with Gasteiger partial charge >= 0.3 is 0 Å². The molecule has 0 aromatic heterocycles. The minimum Gasteiger partial charge on any atom is -0.298 e. The van der Waals surface area contributed by atoms with E-state index >= 15 is 0 Å². The molecule has 0 saturated carbocycles. The first-order valence-electron chi connectivity index (χ1n) is 6.58. The molecule has 0 atom stereocenters. The molecule has 0 amide bonds. The van der Waals surface area contributed by atoms with Gasteiger partial charge in [-0.2, -0.15) is 0 Å². The Kier molecular flexibility index (Phi) is 9.99. The Hall–Kier alpha value is -1.34. The van der Waals surface area contributed by atoms with Gasteiger partial charge in [0, 0.05) is 13.1 Å². The number of hydrogen-bond donors (Lipinski definition) is 0. The fraction of sp³-hybridized carbons (Fsp3) is 0.412. The normalized spacial score (nSPS) is 10.3. The second-order valence-corrected chi connectivity index (χ2v) is 4.59. The molecule has 0 spiro atoms. The molecule has 100 valence electrons. The van der Waals surface area contributed by atoms with Crippen LogP contribution in [0.25, 0.3) is 0 Å². The van der Waals surface area contributed by atoms with Crippen LogP contribution < -0.4 is 0 Å². The lowest BCUT2D eigenvalue weighted by atomic mass is 10.2. The molecular weight excluding hydrogens is 218 g/mol. The molecule has 0 bridgehead atoms. The van der Waals surface area contributed by atoms with Gasteiger partial charge in [0.15, 0.2) is 0 Å². The minimum atomic E-state index is 0.967. The highest BCUT2D eigenvalue weighted by Crippen LogP contribution is 2.03. The van der Waals surface area contributed by atoms with Gasteiger partial charge in [0.05, 0.1) is 0 Å². The Morgan fingerprint density at radius 3 is 2.28 bits per heavy atom. The molecule has 0 aliphatic rings. The molecule has 18 heavy (non-hydrogen) atoms. The lowest BCUT2D eigenvalue weighted by Crippen LogP contribution is -2.19. The van der Waals surface area contributed by atoms with Gasteiger partial charge in [0.1, 0.15) is 0 Å². The maximum absolute atomic E-state index is 3.90. The Morgan fingerprint density at radius 2 is 1.89 bits per heavy atom. The molecule has 1 rings (SSSR count).